The first-order chi connectivity index (χ1) is 7.69. The Morgan fingerprint density at radius 3 is 2.94 bits per heavy atom. The Labute approximate surface area is 95.3 Å². The van der Waals surface area contributed by atoms with E-state index in [1.165, 1.54) is 7.11 Å². The molecule has 86 valence electrons. The number of carbonyl (C=O) groups excluding carboxylic acids is 1. The van der Waals surface area contributed by atoms with Crippen molar-refractivity contribution in [3.63, 3.8) is 0 Å². The molecule has 1 aromatic rings. The van der Waals surface area contributed by atoms with Crippen LogP contribution in [0.25, 0.3) is 0 Å². The predicted octanol–water partition coefficient (Wildman–Crippen LogP) is 1.38. The third kappa shape index (κ3) is 3.17. The molecule has 16 heavy (non-hydrogen) atoms. The summed E-state index contributed by atoms with van der Waals surface area (Å²) in [6, 6.07) is 3.23. The van der Waals surface area contributed by atoms with Gasteiger partial charge in [0.2, 0.25) is 0 Å². The van der Waals surface area contributed by atoms with Gasteiger partial charge >= 0.3 is 5.97 Å². The van der Waals surface area contributed by atoms with Crippen LogP contribution in [0.5, 0.6) is 0 Å². The molecule has 0 aliphatic carbocycles. The molecule has 0 saturated heterocycles. The molecule has 0 aliphatic heterocycles. The maximum Gasteiger partial charge on any atom is 0.327 e. The van der Waals surface area contributed by atoms with E-state index in [1.54, 1.807) is 12.3 Å². The fourth-order valence-corrected chi connectivity index (χ4v) is 1.31. The van der Waals surface area contributed by atoms with Gasteiger partial charge in [0, 0.05) is 18.4 Å². The van der Waals surface area contributed by atoms with Crippen LogP contribution in [0.15, 0.2) is 31.0 Å². The van der Waals surface area contributed by atoms with Crippen LogP contribution in [0.1, 0.15) is 17.3 Å². The Balaban J connectivity index is 2.86. The highest BCUT2D eigenvalue weighted by Gasteiger charge is 2.20. The van der Waals surface area contributed by atoms with Crippen LogP contribution in [0, 0.1) is 6.92 Å². The lowest BCUT2D eigenvalue weighted by molar-refractivity contribution is -0.143. The van der Waals surface area contributed by atoms with E-state index in [0.29, 0.717) is 6.54 Å². The van der Waals surface area contributed by atoms with E-state index in [2.05, 4.69) is 16.9 Å². The van der Waals surface area contributed by atoms with Crippen molar-refractivity contribution in [3.8, 4) is 0 Å². The number of methoxy groups -OCH3 is 1. The molecule has 0 aliphatic rings. The molecule has 0 spiro atoms. The monoisotopic (exact) mass is 220 g/mol. The molecule has 1 unspecified atom stereocenters. The molecule has 1 rings (SSSR count). The summed E-state index contributed by atoms with van der Waals surface area (Å²) < 4.78 is 4.73. The molecule has 0 bridgehead atoms. The van der Waals surface area contributed by atoms with Gasteiger partial charge in [0.1, 0.15) is 6.04 Å². The Kier molecular flexibility index (Phi) is 4.66. The molecule has 0 aromatic carbocycles. The van der Waals surface area contributed by atoms with E-state index < -0.39 is 6.04 Å². The summed E-state index contributed by atoms with van der Waals surface area (Å²) in [5, 5.41) is 3.02. The summed E-state index contributed by atoms with van der Waals surface area (Å²) in [7, 11) is 1.37. The number of hydrogen-bond donors (Lipinski definition) is 1. The van der Waals surface area contributed by atoms with Gasteiger partial charge in [-0.3, -0.25) is 10.3 Å². The van der Waals surface area contributed by atoms with Gasteiger partial charge in [0.05, 0.1) is 7.11 Å². The van der Waals surface area contributed by atoms with Gasteiger partial charge in [-0.2, -0.15) is 0 Å². The molecular weight excluding hydrogens is 204 g/mol. The van der Waals surface area contributed by atoms with Crippen molar-refractivity contribution < 1.29 is 9.53 Å². The molecule has 1 N–H and O–H groups in total. The van der Waals surface area contributed by atoms with Crippen LogP contribution >= 0.6 is 0 Å². The zero-order chi connectivity index (χ0) is 12.0. The van der Waals surface area contributed by atoms with E-state index in [-0.39, 0.29) is 5.97 Å². The molecule has 1 aromatic heterocycles. The second kappa shape index (κ2) is 6.02. The number of nitrogens with one attached hydrogen (secondary N) is 1. The molecule has 1 heterocycles. The Morgan fingerprint density at radius 1 is 1.69 bits per heavy atom. The van der Waals surface area contributed by atoms with E-state index >= 15 is 0 Å². The van der Waals surface area contributed by atoms with Gasteiger partial charge in [-0.15, -0.1) is 6.58 Å². The van der Waals surface area contributed by atoms with Crippen molar-refractivity contribution in [2.45, 2.75) is 13.0 Å². The highest BCUT2D eigenvalue weighted by molar-refractivity contribution is 5.77. The van der Waals surface area contributed by atoms with E-state index in [9.17, 15) is 4.79 Å². The largest absolute Gasteiger partial charge is 0.468 e. The number of aryl methyl sites for hydroxylation is 1. The Bertz CT molecular complexity index is 360. The average molecular weight is 220 g/mol. The quantitative estimate of drug-likeness (QED) is 0.601. The zero-order valence-corrected chi connectivity index (χ0v) is 9.56. The van der Waals surface area contributed by atoms with Crippen LogP contribution in [0.2, 0.25) is 0 Å². The number of esters is 1. The minimum Gasteiger partial charge on any atom is -0.468 e. The fraction of sp³-hybridized carbons (Fsp3) is 0.333. The predicted molar refractivity (Wildman–Crippen MR) is 61.9 cm³/mol. The third-order valence-electron chi connectivity index (χ3n) is 2.17. The van der Waals surface area contributed by atoms with Crippen LogP contribution in [0.4, 0.5) is 0 Å². The van der Waals surface area contributed by atoms with E-state index in [0.717, 1.165) is 11.3 Å². The maximum atomic E-state index is 11.6. The minimum atomic E-state index is -0.490. The summed E-state index contributed by atoms with van der Waals surface area (Å²) in [5.41, 5.74) is 1.70. The van der Waals surface area contributed by atoms with Crippen molar-refractivity contribution in [2.75, 3.05) is 13.7 Å². The minimum absolute atomic E-state index is 0.326. The van der Waals surface area contributed by atoms with E-state index in [1.807, 2.05) is 19.1 Å². The van der Waals surface area contributed by atoms with E-state index in [4.69, 9.17) is 4.74 Å². The first-order valence-corrected chi connectivity index (χ1v) is 5.03. The standard InChI is InChI=1S/C12H16N2O2/c1-4-7-13-11(12(15)16-3)10-6-5-9(2)14-8-10/h4-6,8,11,13H,1,7H2,2-3H3. The van der Waals surface area contributed by atoms with Crippen LogP contribution in [-0.2, 0) is 9.53 Å². The van der Waals surface area contributed by atoms with Crippen LogP contribution in [0.3, 0.4) is 0 Å². The third-order valence-corrected chi connectivity index (χ3v) is 2.17. The van der Waals surface area contributed by atoms with Crippen LogP contribution < -0.4 is 5.32 Å². The normalized spacial score (nSPS) is 11.9. The second-order valence-corrected chi connectivity index (χ2v) is 3.39. The Morgan fingerprint density at radius 2 is 2.44 bits per heavy atom. The molecule has 0 radical (unpaired) electrons. The lowest BCUT2D eigenvalue weighted by atomic mass is 10.1. The number of rotatable bonds is 5. The SMILES string of the molecule is C=CCNC(C(=O)OC)c1ccc(C)nc1. The number of ether oxygens (including phenoxy) is 1. The van der Waals surface area contributed by atoms with Gasteiger partial charge in [-0.25, -0.2) is 4.79 Å². The van der Waals surface area contributed by atoms with Gasteiger partial charge in [-0.1, -0.05) is 12.1 Å². The van der Waals surface area contributed by atoms with Crippen molar-refractivity contribution in [1.82, 2.24) is 10.3 Å². The number of aromatic nitrogens is 1. The van der Waals surface area contributed by atoms with Gasteiger partial charge in [0.25, 0.3) is 0 Å². The average Bonchev–Trinajstić information content (AvgIpc) is 2.31. The molecule has 4 heteroatoms. The zero-order valence-electron chi connectivity index (χ0n) is 9.56. The summed E-state index contributed by atoms with van der Waals surface area (Å²) in [4.78, 5) is 15.7. The molecular formula is C12H16N2O2. The van der Waals surface area contributed by atoms with Gasteiger partial charge < -0.3 is 4.74 Å². The number of hydrogen-bond acceptors (Lipinski definition) is 4. The second-order valence-electron chi connectivity index (χ2n) is 3.39. The summed E-state index contributed by atoms with van der Waals surface area (Å²) in [6.07, 6.45) is 3.37. The van der Waals surface area contributed by atoms with Crippen molar-refractivity contribution in [1.29, 1.82) is 0 Å². The highest BCUT2D eigenvalue weighted by atomic mass is 16.5. The molecule has 0 fully saturated rings. The van der Waals surface area contributed by atoms with Crippen LogP contribution in [-0.4, -0.2) is 24.6 Å². The topological polar surface area (TPSA) is 51.2 Å². The van der Waals surface area contributed by atoms with Crippen molar-refractivity contribution in [2.24, 2.45) is 0 Å². The molecule has 0 amide bonds. The lowest BCUT2D eigenvalue weighted by Crippen LogP contribution is -2.29. The summed E-state index contributed by atoms with van der Waals surface area (Å²) >= 11 is 0. The molecule has 0 saturated carbocycles. The molecule has 1 atom stereocenters. The number of carbonyl (C=O) groups is 1. The first-order valence-electron chi connectivity index (χ1n) is 5.03. The van der Waals surface area contributed by atoms with Crippen molar-refractivity contribution in [3.05, 3.63) is 42.2 Å². The summed E-state index contributed by atoms with van der Waals surface area (Å²) in [6.45, 7) is 6.03. The smallest absolute Gasteiger partial charge is 0.327 e. The highest BCUT2D eigenvalue weighted by Crippen LogP contribution is 2.13. The van der Waals surface area contributed by atoms with Gasteiger partial charge in [-0.05, 0) is 18.6 Å². The first kappa shape index (κ1) is 12.4. The maximum absolute atomic E-state index is 11.6. The molecule has 4 nitrogen and oxygen atoms in total. The van der Waals surface area contributed by atoms with Gasteiger partial charge in [0.15, 0.2) is 0 Å². The number of nitrogens with zero attached hydrogens (tertiary/aromatic N) is 1. The summed E-state index contributed by atoms with van der Waals surface area (Å²) in [5.74, 6) is -0.326. The fourth-order valence-electron chi connectivity index (χ4n) is 1.31. The Hall–Kier alpha value is -1.68. The number of pyridine rings is 1. The lowest BCUT2D eigenvalue weighted by Gasteiger charge is -2.15. The van der Waals surface area contributed by atoms with Crippen molar-refractivity contribution >= 4 is 5.97 Å².